The maximum absolute atomic E-state index is 13.0. The molecule has 4 rings (SSSR count). The van der Waals surface area contributed by atoms with Gasteiger partial charge in [-0.25, -0.2) is 0 Å². The molecule has 2 aromatic carbocycles. The molecule has 0 bridgehead atoms. The lowest BCUT2D eigenvalue weighted by atomic mass is 10.1. The Labute approximate surface area is 166 Å². The van der Waals surface area contributed by atoms with Gasteiger partial charge in [0.15, 0.2) is 0 Å². The smallest absolute Gasteiger partial charge is 0.256 e. The van der Waals surface area contributed by atoms with E-state index in [1.165, 1.54) is 0 Å². The van der Waals surface area contributed by atoms with Crippen molar-refractivity contribution in [1.29, 1.82) is 0 Å². The van der Waals surface area contributed by atoms with Crippen LogP contribution in [0.15, 0.2) is 59.2 Å². The lowest BCUT2D eigenvalue weighted by Gasteiger charge is -2.35. The van der Waals surface area contributed by atoms with Gasteiger partial charge in [-0.2, -0.15) is 0 Å². The number of carbonyl (C=O) groups excluding carboxylic acids is 2. The molecule has 0 atom stereocenters. The number of hydrogen-bond acceptors (Lipinski definition) is 2. The van der Waals surface area contributed by atoms with Crippen LogP contribution in [-0.2, 0) is 7.05 Å². The Hall–Kier alpha value is -2.60. The minimum absolute atomic E-state index is 0.000245. The van der Waals surface area contributed by atoms with E-state index < -0.39 is 0 Å². The number of fused-ring (bicyclic) bond motifs is 1. The van der Waals surface area contributed by atoms with Crippen LogP contribution in [0.1, 0.15) is 20.7 Å². The number of aromatic nitrogens is 1. The highest BCUT2D eigenvalue weighted by Gasteiger charge is 2.27. The first-order valence-corrected chi connectivity index (χ1v) is 9.72. The van der Waals surface area contributed by atoms with Crippen molar-refractivity contribution in [3.63, 3.8) is 0 Å². The van der Waals surface area contributed by atoms with Crippen LogP contribution in [0.3, 0.4) is 0 Å². The van der Waals surface area contributed by atoms with Gasteiger partial charge in [0.2, 0.25) is 0 Å². The second-order valence-electron chi connectivity index (χ2n) is 6.74. The molecule has 1 saturated heterocycles. The van der Waals surface area contributed by atoms with Gasteiger partial charge in [0.25, 0.3) is 11.8 Å². The van der Waals surface area contributed by atoms with Gasteiger partial charge >= 0.3 is 0 Å². The van der Waals surface area contributed by atoms with Crippen molar-refractivity contribution < 1.29 is 9.59 Å². The van der Waals surface area contributed by atoms with Crippen molar-refractivity contribution in [3.05, 3.63) is 70.3 Å². The summed E-state index contributed by atoms with van der Waals surface area (Å²) < 4.78 is 2.78. The Bertz CT molecular complexity index is 1020. The number of nitrogens with zero attached hydrogens (tertiary/aromatic N) is 3. The van der Waals surface area contributed by atoms with Gasteiger partial charge in [-0.1, -0.05) is 30.3 Å². The molecular formula is C21H20BrN3O2. The molecule has 0 aliphatic carbocycles. The van der Waals surface area contributed by atoms with Crippen LogP contribution in [0.2, 0.25) is 0 Å². The van der Waals surface area contributed by atoms with E-state index in [2.05, 4.69) is 15.9 Å². The molecule has 138 valence electrons. The third kappa shape index (κ3) is 3.25. The third-order valence-corrected chi connectivity index (χ3v) is 5.78. The average Bonchev–Trinajstić information content (AvgIpc) is 3.04. The number of amides is 2. The maximum atomic E-state index is 13.0. The summed E-state index contributed by atoms with van der Waals surface area (Å²) in [5, 5.41) is 0.969. The number of hydrogen-bond donors (Lipinski definition) is 0. The number of piperazine rings is 1. The van der Waals surface area contributed by atoms with Crippen molar-refractivity contribution in [1.82, 2.24) is 14.4 Å². The maximum Gasteiger partial charge on any atom is 0.256 e. The van der Waals surface area contributed by atoms with Crippen LogP contribution in [0.5, 0.6) is 0 Å². The van der Waals surface area contributed by atoms with Crippen LogP contribution in [0.25, 0.3) is 10.9 Å². The highest BCUT2D eigenvalue weighted by atomic mass is 79.9. The SMILES string of the molecule is Cn1cc(C(=O)N2CCN(C(=O)c3ccccc3Br)CC2)c2ccccc21. The van der Waals surface area contributed by atoms with E-state index >= 15 is 0 Å². The largest absolute Gasteiger partial charge is 0.350 e. The van der Waals surface area contributed by atoms with Gasteiger partial charge in [-0.05, 0) is 34.1 Å². The number of halogens is 1. The fraction of sp³-hybridized carbons (Fsp3) is 0.238. The molecule has 2 heterocycles. The van der Waals surface area contributed by atoms with Crippen molar-refractivity contribution in [2.45, 2.75) is 0 Å². The summed E-state index contributed by atoms with van der Waals surface area (Å²) in [4.78, 5) is 29.4. The van der Waals surface area contributed by atoms with Crippen molar-refractivity contribution in [2.75, 3.05) is 26.2 Å². The van der Waals surface area contributed by atoms with Crippen LogP contribution in [-0.4, -0.2) is 52.4 Å². The van der Waals surface area contributed by atoms with E-state index in [0.717, 1.165) is 20.9 Å². The molecule has 0 N–H and O–H groups in total. The highest BCUT2D eigenvalue weighted by molar-refractivity contribution is 9.10. The van der Waals surface area contributed by atoms with E-state index in [1.807, 2.05) is 76.1 Å². The van der Waals surface area contributed by atoms with E-state index in [4.69, 9.17) is 0 Å². The summed E-state index contributed by atoms with van der Waals surface area (Å²) in [5.74, 6) is 0.0273. The zero-order chi connectivity index (χ0) is 19.0. The van der Waals surface area contributed by atoms with Gasteiger partial charge < -0.3 is 14.4 Å². The quantitative estimate of drug-likeness (QED) is 0.630. The molecule has 3 aromatic rings. The van der Waals surface area contributed by atoms with Gasteiger partial charge in [0.1, 0.15) is 0 Å². The monoisotopic (exact) mass is 425 g/mol. The molecule has 2 amide bonds. The molecule has 0 saturated carbocycles. The Morgan fingerprint density at radius 2 is 1.37 bits per heavy atom. The molecule has 0 spiro atoms. The lowest BCUT2D eigenvalue weighted by Crippen LogP contribution is -2.50. The minimum atomic E-state index is -0.000245. The predicted octanol–water partition coefficient (Wildman–Crippen LogP) is 3.54. The zero-order valence-electron chi connectivity index (χ0n) is 15.1. The first-order chi connectivity index (χ1) is 13.1. The Morgan fingerprint density at radius 1 is 0.815 bits per heavy atom. The van der Waals surface area contributed by atoms with E-state index in [-0.39, 0.29) is 11.8 Å². The number of carbonyl (C=O) groups is 2. The Balaban J connectivity index is 1.48. The molecule has 1 aromatic heterocycles. The number of benzene rings is 2. The summed E-state index contributed by atoms with van der Waals surface area (Å²) in [5.41, 5.74) is 2.42. The van der Waals surface area contributed by atoms with Gasteiger partial charge in [-0.3, -0.25) is 9.59 Å². The summed E-state index contributed by atoms with van der Waals surface area (Å²) >= 11 is 3.44. The standard InChI is InChI=1S/C21H20BrN3O2/c1-23-14-17(15-6-3-5-9-19(15)23)21(27)25-12-10-24(11-13-25)20(26)16-7-2-4-8-18(16)22/h2-9,14H,10-13H2,1H3. The first kappa shape index (κ1) is 17.8. The molecule has 5 nitrogen and oxygen atoms in total. The summed E-state index contributed by atoms with van der Waals surface area (Å²) in [6.45, 7) is 2.16. The fourth-order valence-electron chi connectivity index (χ4n) is 3.60. The van der Waals surface area contributed by atoms with Crippen LogP contribution in [0, 0.1) is 0 Å². The number of para-hydroxylation sites is 1. The number of rotatable bonds is 2. The van der Waals surface area contributed by atoms with Crippen LogP contribution >= 0.6 is 15.9 Å². The molecule has 1 aliphatic heterocycles. The summed E-state index contributed by atoms with van der Waals surface area (Å²) in [6.07, 6.45) is 1.89. The highest BCUT2D eigenvalue weighted by Crippen LogP contribution is 2.23. The van der Waals surface area contributed by atoms with Crippen LogP contribution < -0.4 is 0 Å². The van der Waals surface area contributed by atoms with E-state index in [1.54, 1.807) is 0 Å². The van der Waals surface area contributed by atoms with Gasteiger partial charge in [0, 0.05) is 54.8 Å². The summed E-state index contributed by atoms with van der Waals surface area (Å²) in [6, 6.07) is 15.4. The molecule has 6 heteroatoms. The Kier molecular flexibility index (Phi) is 4.74. The van der Waals surface area contributed by atoms with E-state index in [0.29, 0.717) is 31.7 Å². The molecule has 27 heavy (non-hydrogen) atoms. The lowest BCUT2D eigenvalue weighted by molar-refractivity contribution is 0.0536. The molecular weight excluding hydrogens is 406 g/mol. The van der Waals surface area contributed by atoms with Gasteiger partial charge in [0.05, 0.1) is 11.1 Å². The zero-order valence-corrected chi connectivity index (χ0v) is 16.6. The molecule has 0 unspecified atom stereocenters. The Morgan fingerprint density at radius 3 is 2.04 bits per heavy atom. The van der Waals surface area contributed by atoms with Crippen molar-refractivity contribution in [3.8, 4) is 0 Å². The number of aryl methyl sites for hydroxylation is 1. The molecule has 1 fully saturated rings. The van der Waals surface area contributed by atoms with Gasteiger partial charge in [-0.15, -0.1) is 0 Å². The molecule has 1 aliphatic rings. The second-order valence-corrected chi connectivity index (χ2v) is 7.59. The minimum Gasteiger partial charge on any atom is -0.350 e. The third-order valence-electron chi connectivity index (χ3n) is 5.09. The second kappa shape index (κ2) is 7.19. The average molecular weight is 426 g/mol. The van der Waals surface area contributed by atoms with Crippen molar-refractivity contribution >= 4 is 38.6 Å². The predicted molar refractivity (Wildman–Crippen MR) is 109 cm³/mol. The normalized spacial score (nSPS) is 14.6. The summed E-state index contributed by atoms with van der Waals surface area (Å²) in [7, 11) is 1.95. The molecule has 0 radical (unpaired) electrons. The van der Waals surface area contributed by atoms with Crippen molar-refractivity contribution in [2.24, 2.45) is 7.05 Å². The topological polar surface area (TPSA) is 45.6 Å². The van der Waals surface area contributed by atoms with E-state index in [9.17, 15) is 9.59 Å². The fourth-order valence-corrected chi connectivity index (χ4v) is 4.05. The van der Waals surface area contributed by atoms with Crippen LogP contribution in [0.4, 0.5) is 0 Å². The first-order valence-electron chi connectivity index (χ1n) is 8.93.